The zero-order chi connectivity index (χ0) is 18.7. The van der Waals surface area contributed by atoms with Crippen LogP contribution in [0.3, 0.4) is 0 Å². The zero-order valence-corrected chi connectivity index (χ0v) is 14.6. The number of carboxylic acid groups (broad SMARTS) is 1. The molecule has 26 heavy (non-hydrogen) atoms. The molecule has 1 atom stereocenters. The van der Waals surface area contributed by atoms with Gasteiger partial charge in [0.2, 0.25) is 5.76 Å². The Morgan fingerprint density at radius 1 is 1.35 bits per heavy atom. The van der Waals surface area contributed by atoms with E-state index in [1.54, 1.807) is 25.3 Å². The van der Waals surface area contributed by atoms with Gasteiger partial charge in [-0.15, -0.1) is 0 Å². The topological polar surface area (TPSA) is 102 Å². The van der Waals surface area contributed by atoms with Crippen molar-refractivity contribution in [3.63, 3.8) is 0 Å². The average molecular weight is 360 g/mol. The summed E-state index contributed by atoms with van der Waals surface area (Å²) in [5, 5.41) is 13.4. The number of nitrogens with zero attached hydrogens (tertiary/aromatic N) is 2. The molecule has 0 aliphatic carbocycles. The summed E-state index contributed by atoms with van der Waals surface area (Å²) in [5.74, 6) is -0.611. The molecule has 1 aromatic heterocycles. The van der Waals surface area contributed by atoms with E-state index in [0.717, 1.165) is 5.56 Å². The highest BCUT2D eigenvalue weighted by molar-refractivity contribution is 5.93. The van der Waals surface area contributed by atoms with E-state index in [0.29, 0.717) is 24.4 Å². The van der Waals surface area contributed by atoms with E-state index < -0.39 is 11.4 Å². The lowest BCUT2D eigenvalue weighted by Gasteiger charge is -2.23. The molecule has 1 aliphatic heterocycles. The molecule has 1 aromatic carbocycles. The van der Waals surface area contributed by atoms with Crippen molar-refractivity contribution in [3.05, 3.63) is 36.1 Å². The van der Waals surface area contributed by atoms with E-state index in [1.165, 1.54) is 12.0 Å². The maximum Gasteiger partial charge on any atom is 0.313 e. The third-order valence-corrected chi connectivity index (χ3v) is 4.60. The Hall–Kier alpha value is -2.87. The Morgan fingerprint density at radius 2 is 2.15 bits per heavy atom. The smallest absolute Gasteiger partial charge is 0.313 e. The Bertz CT molecular complexity index is 818. The van der Waals surface area contributed by atoms with Gasteiger partial charge >= 0.3 is 5.97 Å². The number of carbonyl (C=O) groups excluding carboxylic acids is 1. The first-order valence-electron chi connectivity index (χ1n) is 8.12. The number of methoxy groups -OCH3 is 2. The standard InChI is InChI=1S/C18H20N2O6/c1-24-11-18(17(22)23)6-7-20(10-18)16(21)15-9-14(19-26-15)12-4-3-5-13(8-12)25-2/h3-5,8-9H,6-7,10-11H2,1-2H3,(H,22,23). The van der Waals surface area contributed by atoms with Crippen molar-refractivity contribution >= 4 is 11.9 Å². The van der Waals surface area contributed by atoms with Crippen molar-refractivity contribution < 1.29 is 28.7 Å². The summed E-state index contributed by atoms with van der Waals surface area (Å²) in [6, 6.07) is 8.79. The molecule has 1 fully saturated rings. The van der Waals surface area contributed by atoms with E-state index in [1.807, 2.05) is 12.1 Å². The van der Waals surface area contributed by atoms with Crippen LogP contribution in [0.15, 0.2) is 34.9 Å². The summed E-state index contributed by atoms with van der Waals surface area (Å²) < 4.78 is 15.4. The van der Waals surface area contributed by atoms with Crippen LogP contribution < -0.4 is 4.74 Å². The van der Waals surface area contributed by atoms with Crippen LogP contribution in [0.5, 0.6) is 5.75 Å². The molecule has 2 aromatic rings. The van der Waals surface area contributed by atoms with Crippen LogP contribution in [0, 0.1) is 5.41 Å². The summed E-state index contributed by atoms with van der Waals surface area (Å²) in [6.45, 7) is 0.450. The van der Waals surface area contributed by atoms with Crippen LogP contribution >= 0.6 is 0 Å². The number of ether oxygens (including phenoxy) is 2. The quantitative estimate of drug-likeness (QED) is 0.839. The van der Waals surface area contributed by atoms with Gasteiger partial charge < -0.3 is 24.0 Å². The van der Waals surface area contributed by atoms with Gasteiger partial charge in [0.05, 0.1) is 13.7 Å². The Morgan fingerprint density at radius 3 is 2.85 bits per heavy atom. The first kappa shape index (κ1) is 17.9. The minimum absolute atomic E-state index is 0.0532. The van der Waals surface area contributed by atoms with Crippen LogP contribution in [-0.2, 0) is 9.53 Å². The summed E-state index contributed by atoms with van der Waals surface area (Å²) in [6.07, 6.45) is 0.332. The molecule has 0 spiro atoms. The van der Waals surface area contributed by atoms with E-state index in [2.05, 4.69) is 5.16 Å². The van der Waals surface area contributed by atoms with Crippen LogP contribution in [0.2, 0.25) is 0 Å². The van der Waals surface area contributed by atoms with Crippen molar-refractivity contribution in [3.8, 4) is 17.0 Å². The minimum atomic E-state index is -1.08. The first-order valence-corrected chi connectivity index (χ1v) is 8.12. The van der Waals surface area contributed by atoms with Gasteiger partial charge in [0.15, 0.2) is 0 Å². The van der Waals surface area contributed by atoms with Gasteiger partial charge in [0.25, 0.3) is 5.91 Å². The predicted octanol–water partition coefficient (Wildman–Crippen LogP) is 1.91. The number of carbonyl (C=O) groups is 2. The average Bonchev–Trinajstić information content (AvgIpc) is 3.30. The maximum absolute atomic E-state index is 12.7. The molecule has 3 rings (SSSR count). The number of carboxylic acids is 1. The van der Waals surface area contributed by atoms with Gasteiger partial charge in [-0.05, 0) is 18.6 Å². The third kappa shape index (κ3) is 3.28. The molecule has 138 valence electrons. The van der Waals surface area contributed by atoms with Gasteiger partial charge in [-0.1, -0.05) is 17.3 Å². The molecule has 0 saturated carbocycles. The SMILES string of the molecule is COCC1(C(=O)O)CCN(C(=O)c2cc(-c3cccc(OC)c3)no2)C1. The summed E-state index contributed by atoms with van der Waals surface area (Å²) in [7, 11) is 3.02. The zero-order valence-electron chi connectivity index (χ0n) is 14.6. The van der Waals surface area contributed by atoms with Gasteiger partial charge in [-0.25, -0.2) is 0 Å². The van der Waals surface area contributed by atoms with Crippen LogP contribution in [-0.4, -0.2) is 61.0 Å². The van der Waals surface area contributed by atoms with E-state index in [-0.39, 0.29) is 24.8 Å². The lowest BCUT2D eigenvalue weighted by Crippen LogP contribution is -2.40. The lowest BCUT2D eigenvalue weighted by atomic mass is 9.88. The summed E-state index contributed by atoms with van der Waals surface area (Å²) in [5.41, 5.74) is 0.181. The third-order valence-electron chi connectivity index (χ3n) is 4.60. The molecule has 1 N–H and O–H groups in total. The van der Waals surface area contributed by atoms with Gasteiger partial charge in [-0.3, -0.25) is 9.59 Å². The number of hydrogen-bond donors (Lipinski definition) is 1. The molecular weight excluding hydrogens is 340 g/mol. The Balaban J connectivity index is 1.77. The monoisotopic (exact) mass is 360 g/mol. The van der Waals surface area contributed by atoms with E-state index >= 15 is 0 Å². The number of hydrogen-bond acceptors (Lipinski definition) is 6. The van der Waals surface area contributed by atoms with Gasteiger partial charge in [0.1, 0.15) is 16.9 Å². The van der Waals surface area contributed by atoms with Gasteiger partial charge in [0, 0.05) is 31.8 Å². The van der Waals surface area contributed by atoms with E-state index in [4.69, 9.17) is 14.0 Å². The second kappa shape index (κ2) is 7.17. The normalized spacial score (nSPS) is 19.5. The molecule has 2 heterocycles. The molecular formula is C18H20N2O6. The number of rotatable bonds is 6. The first-order chi connectivity index (χ1) is 12.5. The molecule has 1 unspecified atom stereocenters. The minimum Gasteiger partial charge on any atom is -0.497 e. The highest BCUT2D eigenvalue weighted by atomic mass is 16.5. The largest absolute Gasteiger partial charge is 0.497 e. The van der Waals surface area contributed by atoms with Crippen molar-refractivity contribution in [1.29, 1.82) is 0 Å². The molecule has 8 nitrogen and oxygen atoms in total. The highest BCUT2D eigenvalue weighted by Crippen LogP contribution is 2.32. The van der Waals surface area contributed by atoms with Gasteiger partial charge in [-0.2, -0.15) is 0 Å². The maximum atomic E-state index is 12.7. The number of aromatic nitrogens is 1. The second-order valence-corrected chi connectivity index (χ2v) is 6.30. The second-order valence-electron chi connectivity index (χ2n) is 6.30. The Kier molecular flexibility index (Phi) is 4.94. The molecule has 1 amide bonds. The fourth-order valence-electron chi connectivity index (χ4n) is 3.13. The highest BCUT2D eigenvalue weighted by Gasteiger charge is 2.47. The van der Waals surface area contributed by atoms with Crippen molar-refractivity contribution in [2.45, 2.75) is 6.42 Å². The Labute approximate surface area is 150 Å². The summed E-state index contributed by atoms with van der Waals surface area (Å²) >= 11 is 0. The lowest BCUT2D eigenvalue weighted by molar-refractivity contribution is -0.151. The number of likely N-dealkylation sites (tertiary alicyclic amines) is 1. The molecule has 0 bridgehead atoms. The van der Waals surface area contributed by atoms with Crippen LogP contribution in [0.25, 0.3) is 11.3 Å². The van der Waals surface area contributed by atoms with Crippen LogP contribution in [0.4, 0.5) is 0 Å². The molecule has 1 saturated heterocycles. The molecule has 1 aliphatic rings. The van der Waals surface area contributed by atoms with Crippen molar-refractivity contribution in [1.82, 2.24) is 10.1 Å². The fraction of sp³-hybridized carbons (Fsp3) is 0.389. The van der Waals surface area contributed by atoms with Crippen molar-refractivity contribution in [2.24, 2.45) is 5.41 Å². The number of aliphatic carboxylic acids is 1. The molecule has 0 radical (unpaired) electrons. The fourth-order valence-corrected chi connectivity index (χ4v) is 3.13. The number of amides is 1. The summed E-state index contributed by atoms with van der Waals surface area (Å²) in [4.78, 5) is 25.7. The van der Waals surface area contributed by atoms with E-state index in [9.17, 15) is 14.7 Å². The number of benzene rings is 1. The van der Waals surface area contributed by atoms with Crippen molar-refractivity contribution in [2.75, 3.05) is 33.9 Å². The molecule has 8 heteroatoms. The van der Waals surface area contributed by atoms with Crippen LogP contribution in [0.1, 0.15) is 17.0 Å². The predicted molar refractivity (Wildman–Crippen MR) is 91.0 cm³/mol.